The molecular formula is C12H14N2S. The average molecular weight is 218 g/mol. The van der Waals surface area contributed by atoms with Crippen molar-refractivity contribution in [1.29, 1.82) is 0 Å². The molecule has 0 spiro atoms. The minimum Gasteiger partial charge on any atom is -0.380 e. The van der Waals surface area contributed by atoms with E-state index in [4.69, 9.17) is 0 Å². The maximum atomic E-state index is 3.98. The first kappa shape index (κ1) is 10.2. The molecule has 0 bridgehead atoms. The molecule has 0 aliphatic heterocycles. The minimum atomic E-state index is 0.892. The van der Waals surface area contributed by atoms with Crippen LogP contribution < -0.4 is 5.32 Å². The molecular weight excluding hydrogens is 204 g/mol. The van der Waals surface area contributed by atoms with Gasteiger partial charge in [-0.25, -0.2) is 0 Å². The lowest BCUT2D eigenvalue weighted by molar-refractivity contribution is 1.18. The zero-order valence-electron chi connectivity index (χ0n) is 8.95. The van der Waals surface area contributed by atoms with Crippen LogP contribution in [0.3, 0.4) is 0 Å². The van der Waals surface area contributed by atoms with Crippen molar-refractivity contribution in [3.8, 4) is 0 Å². The molecule has 0 unspecified atom stereocenters. The molecule has 15 heavy (non-hydrogen) atoms. The van der Waals surface area contributed by atoms with Gasteiger partial charge in [-0.3, -0.25) is 4.98 Å². The highest BCUT2D eigenvalue weighted by Gasteiger charge is 2.00. The van der Waals surface area contributed by atoms with Crippen LogP contribution in [0.5, 0.6) is 0 Å². The van der Waals surface area contributed by atoms with E-state index in [0.717, 1.165) is 12.2 Å². The van der Waals surface area contributed by atoms with Crippen LogP contribution in [-0.2, 0) is 6.54 Å². The largest absolute Gasteiger partial charge is 0.380 e. The molecule has 0 radical (unpaired) electrons. The van der Waals surface area contributed by atoms with Crippen LogP contribution in [0.4, 0.5) is 5.69 Å². The summed E-state index contributed by atoms with van der Waals surface area (Å²) < 4.78 is 0. The summed E-state index contributed by atoms with van der Waals surface area (Å²) >= 11 is 1.86. The lowest BCUT2D eigenvalue weighted by Gasteiger charge is -2.02. The Kier molecular flexibility index (Phi) is 3.02. The molecule has 0 atom stereocenters. The Hall–Kier alpha value is -1.35. The van der Waals surface area contributed by atoms with Crippen LogP contribution in [0.2, 0.25) is 0 Å². The molecule has 0 amide bonds. The summed E-state index contributed by atoms with van der Waals surface area (Å²) in [5.41, 5.74) is 2.50. The number of anilines is 1. The Morgan fingerprint density at radius 1 is 1.27 bits per heavy atom. The predicted octanol–water partition coefficient (Wildman–Crippen LogP) is 3.37. The Morgan fingerprint density at radius 2 is 2.00 bits per heavy atom. The van der Waals surface area contributed by atoms with Gasteiger partial charge in [-0.15, -0.1) is 11.3 Å². The van der Waals surface area contributed by atoms with Crippen molar-refractivity contribution in [3.63, 3.8) is 0 Å². The second-order valence-corrected chi connectivity index (χ2v) is 4.88. The summed E-state index contributed by atoms with van der Waals surface area (Å²) in [6, 6.07) is 6.20. The fraction of sp³-hybridized carbons (Fsp3) is 0.250. The molecule has 0 aliphatic rings. The summed E-state index contributed by atoms with van der Waals surface area (Å²) in [6.45, 7) is 5.21. The van der Waals surface area contributed by atoms with E-state index in [1.165, 1.54) is 15.3 Å². The number of aryl methyl sites for hydroxylation is 2. The van der Waals surface area contributed by atoms with Crippen molar-refractivity contribution in [2.24, 2.45) is 0 Å². The molecule has 2 aromatic rings. The molecule has 0 saturated carbocycles. The van der Waals surface area contributed by atoms with Crippen molar-refractivity contribution < 1.29 is 0 Å². The normalized spacial score (nSPS) is 10.3. The molecule has 2 aromatic heterocycles. The van der Waals surface area contributed by atoms with E-state index >= 15 is 0 Å². The van der Waals surface area contributed by atoms with Gasteiger partial charge in [-0.2, -0.15) is 0 Å². The van der Waals surface area contributed by atoms with Gasteiger partial charge in [-0.05, 0) is 37.6 Å². The zero-order valence-corrected chi connectivity index (χ0v) is 9.77. The monoisotopic (exact) mass is 218 g/mol. The van der Waals surface area contributed by atoms with Crippen molar-refractivity contribution >= 4 is 17.0 Å². The molecule has 1 N–H and O–H groups in total. The summed E-state index contributed by atoms with van der Waals surface area (Å²) in [4.78, 5) is 6.76. The van der Waals surface area contributed by atoms with E-state index in [9.17, 15) is 0 Å². The van der Waals surface area contributed by atoms with Crippen molar-refractivity contribution in [1.82, 2.24) is 4.98 Å². The first-order valence-corrected chi connectivity index (χ1v) is 5.77. The fourth-order valence-corrected chi connectivity index (χ4v) is 2.39. The van der Waals surface area contributed by atoms with E-state index in [-0.39, 0.29) is 0 Å². The number of thiophene rings is 1. The van der Waals surface area contributed by atoms with E-state index < -0.39 is 0 Å². The molecule has 2 nitrogen and oxygen atoms in total. The highest BCUT2D eigenvalue weighted by molar-refractivity contribution is 7.12. The first-order chi connectivity index (χ1) is 7.25. The Labute approximate surface area is 94.0 Å². The molecule has 0 aromatic carbocycles. The third-order valence-corrected chi connectivity index (χ3v) is 3.52. The van der Waals surface area contributed by atoms with Crippen LogP contribution >= 0.6 is 11.3 Å². The molecule has 0 saturated heterocycles. The highest BCUT2D eigenvalue weighted by Crippen LogP contribution is 2.21. The SMILES string of the molecule is Cc1cc(CNc2ccncc2)sc1C. The Balaban J connectivity index is 1.99. The van der Waals surface area contributed by atoms with Crippen LogP contribution in [0.15, 0.2) is 30.6 Å². The number of aromatic nitrogens is 1. The third kappa shape index (κ3) is 2.57. The topological polar surface area (TPSA) is 24.9 Å². The number of pyridine rings is 1. The van der Waals surface area contributed by atoms with Gasteiger partial charge in [0.15, 0.2) is 0 Å². The molecule has 2 rings (SSSR count). The first-order valence-electron chi connectivity index (χ1n) is 4.95. The molecule has 3 heteroatoms. The number of nitrogens with one attached hydrogen (secondary N) is 1. The van der Waals surface area contributed by atoms with E-state index in [1.807, 2.05) is 23.5 Å². The van der Waals surface area contributed by atoms with Crippen molar-refractivity contribution in [2.45, 2.75) is 20.4 Å². The molecule has 78 valence electrons. The van der Waals surface area contributed by atoms with Crippen molar-refractivity contribution in [3.05, 3.63) is 45.9 Å². The van der Waals surface area contributed by atoms with Gasteiger partial charge in [0.1, 0.15) is 0 Å². The van der Waals surface area contributed by atoms with Gasteiger partial charge < -0.3 is 5.32 Å². The van der Waals surface area contributed by atoms with Crippen LogP contribution in [0.25, 0.3) is 0 Å². The third-order valence-electron chi connectivity index (χ3n) is 2.36. The maximum Gasteiger partial charge on any atom is 0.0494 e. The lowest BCUT2D eigenvalue weighted by Crippen LogP contribution is -1.96. The van der Waals surface area contributed by atoms with Crippen molar-refractivity contribution in [2.75, 3.05) is 5.32 Å². The van der Waals surface area contributed by atoms with Gasteiger partial charge in [0.2, 0.25) is 0 Å². The van der Waals surface area contributed by atoms with Gasteiger partial charge in [0.05, 0.1) is 0 Å². The highest BCUT2D eigenvalue weighted by atomic mass is 32.1. The minimum absolute atomic E-state index is 0.892. The smallest absolute Gasteiger partial charge is 0.0494 e. The molecule has 2 heterocycles. The number of rotatable bonds is 3. The lowest BCUT2D eigenvalue weighted by atomic mass is 10.3. The zero-order chi connectivity index (χ0) is 10.7. The summed E-state index contributed by atoms with van der Waals surface area (Å²) in [5, 5.41) is 3.37. The maximum absolute atomic E-state index is 3.98. The summed E-state index contributed by atoms with van der Waals surface area (Å²) in [5.74, 6) is 0. The van der Waals surface area contributed by atoms with Gasteiger partial charge in [0.25, 0.3) is 0 Å². The van der Waals surface area contributed by atoms with E-state index in [1.54, 1.807) is 12.4 Å². The van der Waals surface area contributed by atoms with Crippen LogP contribution in [-0.4, -0.2) is 4.98 Å². The van der Waals surface area contributed by atoms with E-state index in [2.05, 4.69) is 30.2 Å². The standard InChI is InChI=1S/C12H14N2S/c1-9-7-12(15-10(9)2)8-14-11-3-5-13-6-4-11/h3-7H,8H2,1-2H3,(H,13,14). The predicted molar refractivity (Wildman–Crippen MR) is 65.4 cm³/mol. The molecule has 0 aliphatic carbocycles. The second kappa shape index (κ2) is 4.45. The van der Waals surface area contributed by atoms with E-state index in [0.29, 0.717) is 0 Å². The molecule has 0 fully saturated rings. The number of hydrogen-bond acceptors (Lipinski definition) is 3. The average Bonchev–Trinajstić information content (AvgIpc) is 2.57. The Bertz CT molecular complexity index is 415. The second-order valence-electron chi connectivity index (χ2n) is 3.54. The van der Waals surface area contributed by atoms with Crippen LogP contribution in [0.1, 0.15) is 15.3 Å². The number of hydrogen-bond donors (Lipinski definition) is 1. The van der Waals surface area contributed by atoms with Gasteiger partial charge in [0, 0.05) is 34.4 Å². The van der Waals surface area contributed by atoms with Gasteiger partial charge >= 0.3 is 0 Å². The fourth-order valence-electron chi connectivity index (χ4n) is 1.40. The quantitative estimate of drug-likeness (QED) is 0.854. The number of nitrogens with zero attached hydrogens (tertiary/aromatic N) is 1. The van der Waals surface area contributed by atoms with Gasteiger partial charge in [-0.1, -0.05) is 0 Å². The Morgan fingerprint density at radius 3 is 2.60 bits per heavy atom. The van der Waals surface area contributed by atoms with Crippen LogP contribution in [0, 0.1) is 13.8 Å². The summed E-state index contributed by atoms with van der Waals surface area (Å²) in [6.07, 6.45) is 3.60. The summed E-state index contributed by atoms with van der Waals surface area (Å²) in [7, 11) is 0.